The van der Waals surface area contributed by atoms with Gasteiger partial charge >= 0.3 is 11.9 Å². The molecule has 0 saturated carbocycles. The number of rotatable bonds is 9. The molecule has 1 aliphatic rings. The van der Waals surface area contributed by atoms with E-state index in [0.29, 0.717) is 23.1 Å². The Bertz CT molecular complexity index is 1300. The topological polar surface area (TPSA) is 80.3 Å². The van der Waals surface area contributed by atoms with E-state index in [-0.39, 0.29) is 11.5 Å². The van der Waals surface area contributed by atoms with Crippen molar-refractivity contribution in [2.75, 3.05) is 28.4 Å². The van der Waals surface area contributed by atoms with Gasteiger partial charge in [-0.3, -0.25) is 9.59 Å². The van der Waals surface area contributed by atoms with Gasteiger partial charge < -0.3 is 23.7 Å². The van der Waals surface area contributed by atoms with E-state index in [9.17, 15) is 9.59 Å². The summed E-state index contributed by atoms with van der Waals surface area (Å²) >= 11 is 0. The zero-order valence-corrected chi connectivity index (χ0v) is 25.9. The van der Waals surface area contributed by atoms with Crippen molar-refractivity contribution in [3.05, 3.63) is 84.4 Å². The van der Waals surface area contributed by atoms with Crippen molar-refractivity contribution in [2.24, 2.45) is 5.41 Å². The lowest BCUT2D eigenvalue weighted by molar-refractivity contribution is -0.173. The van der Waals surface area contributed by atoms with Gasteiger partial charge in [0.15, 0.2) is 5.41 Å². The molecule has 0 radical (unpaired) electrons. The summed E-state index contributed by atoms with van der Waals surface area (Å²) < 4.78 is 28.5. The summed E-state index contributed by atoms with van der Waals surface area (Å²) in [5, 5.41) is 2.37. The fourth-order valence-corrected chi connectivity index (χ4v) is 12.1. The minimum atomic E-state index is -2.61. The molecule has 3 aromatic carbocycles. The first-order valence-electron chi connectivity index (χ1n) is 13.7. The fraction of sp³-hybridized carbons (Fsp3) is 0.394. The monoisotopic (exact) mass is 576 g/mol. The van der Waals surface area contributed by atoms with Crippen LogP contribution in [0.1, 0.15) is 38.9 Å². The molecule has 0 spiro atoms. The Morgan fingerprint density at radius 3 is 1.80 bits per heavy atom. The number of methoxy groups -OCH3 is 4. The summed E-state index contributed by atoms with van der Waals surface area (Å²) in [6, 6.07) is 27.0. The van der Waals surface area contributed by atoms with E-state index in [0.717, 1.165) is 0 Å². The number of hydrogen-bond donors (Lipinski definition) is 0. The number of carbonyl (C=O) groups is 2. The number of esters is 2. The van der Waals surface area contributed by atoms with Crippen LogP contribution in [0.25, 0.3) is 0 Å². The largest absolute Gasteiger partial charge is 0.497 e. The molecule has 3 aromatic rings. The molecule has 1 saturated heterocycles. The molecule has 218 valence electrons. The summed E-state index contributed by atoms with van der Waals surface area (Å²) in [5.41, 5.74) is -1.17. The van der Waals surface area contributed by atoms with Gasteiger partial charge in [0, 0.05) is 18.1 Å². The summed E-state index contributed by atoms with van der Waals surface area (Å²) in [6.45, 7) is 6.81. The van der Waals surface area contributed by atoms with Crippen LogP contribution in [-0.4, -0.2) is 54.6 Å². The summed E-state index contributed by atoms with van der Waals surface area (Å²) in [6.07, 6.45) is -1.35. The fourth-order valence-electron chi connectivity index (χ4n) is 6.51. The third kappa shape index (κ3) is 5.26. The number of carbonyl (C=O) groups excluding carboxylic acids is 2. The van der Waals surface area contributed by atoms with Crippen molar-refractivity contribution in [1.82, 2.24) is 0 Å². The van der Waals surface area contributed by atoms with Crippen LogP contribution in [0.2, 0.25) is 11.1 Å². The molecule has 4 rings (SSSR count). The first-order valence-corrected chi connectivity index (χ1v) is 15.9. The van der Waals surface area contributed by atoms with Gasteiger partial charge in [0.25, 0.3) is 0 Å². The molecular weight excluding hydrogens is 536 g/mol. The smallest absolute Gasteiger partial charge is 0.326 e. The second-order valence-corrected chi connectivity index (χ2v) is 16.4. The first kappa shape index (κ1) is 30.3. The molecule has 0 aliphatic carbocycles. The zero-order chi connectivity index (χ0) is 29.8. The van der Waals surface area contributed by atoms with Crippen LogP contribution in [-0.2, 0) is 23.8 Å². The predicted octanol–water partition coefficient (Wildman–Crippen LogP) is 4.93. The highest BCUT2D eigenvalue weighted by Gasteiger charge is 2.64. The standard InChI is InChI=1S/C33H40O7Si/c1-32(2,3)41(25-14-10-8-11-15-25,26-16-12-9-13-17-26)22-24-21-33(30(34)38-6,31(35)39-7)29(40-24)27-19-18-23(36-4)20-28(27)37-5/h8-20,24,29H,21-22H2,1-7H3. The normalized spacial score (nSPS) is 18.4. The predicted molar refractivity (Wildman–Crippen MR) is 161 cm³/mol. The van der Waals surface area contributed by atoms with Gasteiger partial charge in [0.1, 0.15) is 25.7 Å². The summed E-state index contributed by atoms with van der Waals surface area (Å²) in [5.74, 6) is -0.374. The lowest BCUT2D eigenvalue weighted by atomic mass is 9.76. The van der Waals surface area contributed by atoms with Crippen LogP contribution in [0.3, 0.4) is 0 Å². The van der Waals surface area contributed by atoms with Crippen molar-refractivity contribution < 1.29 is 33.3 Å². The number of hydrogen-bond acceptors (Lipinski definition) is 7. The SMILES string of the molecule is COC(=O)C1(C(=O)OC)CC(C[Si](c2ccccc2)(c2ccccc2)C(C)(C)C)OC1c1ccc(OC)cc1OC. The van der Waals surface area contributed by atoms with E-state index < -0.39 is 37.6 Å². The third-order valence-electron chi connectivity index (χ3n) is 8.50. The molecule has 41 heavy (non-hydrogen) atoms. The summed E-state index contributed by atoms with van der Waals surface area (Å²) in [7, 11) is 3.05. The molecule has 2 atom stereocenters. The molecule has 2 unspecified atom stereocenters. The Morgan fingerprint density at radius 2 is 1.37 bits per heavy atom. The minimum Gasteiger partial charge on any atom is -0.497 e. The van der Waals surface area contributed by atoms with Crippen molar-refractivity contribution in [1.29, 1.82) is 0 Å². The van der Waals surface area contributed by atoms with Gasteiger partial charge in [0.05, 0.1) is 34.5 Å². The second-order valence-electron chi connectivity index (χ2n) is 11.5. The van der Waals surface area contributed by atoms with E-state index in [1.54, 1.807) is 25.3 Å². The quantitative estimate of drug-likeness (QED) is 0.203. The van der Waals surface area contributed by atoms with Crippen molar-refractivity contribution in [3.63, 3.8) is 0 Å². The highest BCUT2D eigenvalue weighted by molar-refractivity contribution is 7.04. The van der Waals surface area contributed by atoms with Gasteiger partial charge in [0.2, 0.25) is 0 Å². The van der Waals surface area contributed by atoms with Gasteiger partial charge in [-0.1, -0.05) is 91.8 Å². The molecule has 1 heterocycles. The van der Waals surface area contributed by atoms with E-state index in [2.05, 4.69) is 69.3 Å². The summed E-state index contributed by atoms with van der Waals surface area (Å²) in [4.78, 5) is 27.3. The van der Waals surface area contributed by atoms with E-state index in [1.807, 2.05) is 12.1 Å². The molecule has 0 aromatic heterocycles. The minimum absolute atomic E-state index is 0.108. The average Bonchev–Trinajstić information content (AvgIpc) is 3.38. The van der Waals surface area contributed by atoms with Crippen LogP contribution in [0.15, 0.2) is 78.9 Å². The van der Waals surface area contributed by atoms with Gasteiger partial charge in [-0.15, -0.1) is 0 Å². The van der Waals surface area contributed by atoms with Gasteiger partial charge in [-0.2, -0.15) is 0 Å². The molecule has 0 amide bonds. The zero-order valence-electron chi connectivity index (χ0n) is 24.9. The van der Waals surface area contributed by atoms with Gasteiger partial charge in [-0.05, 0) is 23.2 Å². The second kappa shape index (κ2) is 12.1. The molecular formula is C33H40O7Si. The van der Waals surface area contributed by atoms with Crippen molar-refractivity contribution in [2.45, 2.75) is 50.5 Å². The van der Waals surface area contributed by atoms with Crippen LogP contribution in [0.5, 0.6) is 11.5 Å². The third-order valence-corrected chi connectivity index (χ3v) is 14.8. The van der Waals surface area contributed by atoms with E-state index in [4.69, 9.17) is 23.7 Å². The van der Waals surface area contributed by atoms with Gasteiger partial charge in [-0.25, -0.2) is 0 Å². The van der Waals surface area contributed by atoms with Crippen LogP contribution in [0, 0.1) is 5.41 Å². The lowest BCUT2D eigenvalue weighted by Crippen LogP contribution is -2.65. The number of benzene rings is 3. The Balaban J connectivity index is 1.92. The lowest BCUT2D eigenvalue weighted by Gasteiger charge is -2.45. The number of ether oxygens (including phenoxy) is 5. The molecule has 1 fully saturated rings. The maximum atomic E-state index is 13.6. The Morgan fingerprint density at radius 1 is 0.829 bits per heavy atom. The molecule has 1 aliphatic heterocycles. The first-order chi connectivity index (χ1) is 19.6. The maximum absolute atomic E-state index is 13.6. The maximum Gasteiger partial charge on any atom is 0.326 e. The molecule has 0 bridgehead atoms. The van der Waals surface area contributed by atoms with Crippen molar-refractivity contribution in [3.8, 4) is 11.5 Å². The average molecular weight is 577 g/mol. The van der Waals surface area contributed by atoms with Crippen LogP contribution >= 0.6 is 0 Å². The highest BCUT2D eigenvalue weighted by atomic mass is 28.3. The van der Waals surface area contributed by atoms with E-state index in [1.165, 1.54) is 31.7 Å². The Labute approximate surface area is 243 Å². The highest BCUT2D eigenvalue weighted by Crippen LogP contribution is 2.55. The molecule has 0 N–H and O–H groups in total. The Kier molecular flexibility index (Phi) is 8.94. The van der Waals surface area contributed by atoms with Crippen molar-refractivity contribution >= 4 is 30.4 Å². The van der Waals surface area contributed by atoms with Crippen LogP contribution in [0.4, 0.5) is 0 Å². The molecule has 7 nitrogen and oxygen atoms in total. The van der Waals surface area contributed by atoms with E-state index >= 15 is 0 Å². The Hall–Kier alpha value is -3.62. The van der Waals surface area contributed by atoms with Crippen LogP contribution < -0.4 is 19.8 Å². The molecule has 8 heteroatoms.